The van der Waals surface area contributed by atoms with Crippen LogP contribution in [0.25, 0.3) is 0 Å². The number of carbonyl (C=O) groups is 2. The molecule has 0 N–H and O–H groups in total. The van der Waals surface area contributed by atoms with Crippen LogP contribution >= 0.6 is 23.2 Å². The van der Waals surface area contributed by atoms with Crippen molar-refractivity contribution in [2.45, 2.75) is 0 Å². The van der Waals surface area contributed by atoms with Gasteiger partial charge in [0, 0.05) is 6.08 Å². The van der Waals surface area contributed by atoms with Crippen molar-refractivity contribution >= 4 is 35.1 Å². The van der Waals surface area contributed by atoms with Gasteiger partial charge in [0.15, 0.2) is 5.75 Å². The molecule has 0 atom stereocenters. The Hall–Kier alpha value is -1.52. The molecule has 0 aliphatic rings. The number of hydrogen-bond donors (Lipinski definition) is 0. The Morgan fingerprint density at radius 3 is 2.24 bits per heavy atom. The zero-order chi connectivity index (χ0) is 13.0. The van der Waals surface area contributed by atoms with E-state index in [1.165, 1.54) is 19.2 Å². The van der Waals surface area contributed by atoms with Gasteiger partial charge in [-0.2, -0.15) is 0 Å². The number of benzene rings is 1. The van der Waals surface area contributed by atoms with Crippen LogP contribution in [0, 0.1) is 0 Å². The number of methoxy groups -OCH3 is 1. The first-order chi connectivity index (χ1) is 7.99. The lowest BCUT2D eigenvalue weighted by Gasteiger charge is -2.08. The van der Waals surface area contributed by atoms with Crippen molar-refractivity contribution in [3.8, 4) is 5.75 Å². The highest BCUT2D eigenvalue weighted by Gasteiger charge is 2.15. The summed E-state index contributed by atoms with van der Waals surface area (Å²) in [6.07, 6.45) is 0.973. The molecule has 1 aromatic carbocycles. The molecule has 90 valence electrons. The zero-order valence-electron chi connectivity index (χ0n) is 8.83. The van der Waals surface area contributed by atoms with Gasteiger partial charge in [0.25, 0.3) is 0 Å². The highest BCUT2D eigenvalue weighted by atomic mass is 35.5. The molecule has 1 aromatic rings. The van der Waals surface area contributed by atoms with Crippen molar-refractivity contribution in [1.29, 1.82) is 0 Å². The molecule has 0 heterocycles. The average molecular weight is 275 g/mol. The van der Waals surface area contributed by atoms with Gasteiger partial charge in [-0.05, 0) is 12.1 Å². The van der Waals surface area contributed by atoms with E-state index in [1.807, 2.05) is 0 Å². The molecule has 0 fully saturated rings. The predicted molar refractivity (Wildman–Crippen MR) is 63.6 cm³/mol. The van der Waals surface area contributed by atoms with Crippen LogP contribution in [0.3, 0.4) is 0 Å². The maximum atomic E-state index is 11.2. The fourth-order valence-electron chi connectivity index (χ4n) is 1.04. The second kappa shape index (κ2) is 5.70. The lowest BCUT2D eigenvalue weighted by Crippen LogP contribution is -2.06. The molecule has 0 saturated heterocycles. The van der Waals surface area contributed by atoms with Crippen LogP contribution in [-0.4, -0.2) is 19.0 Å². The average Bonchev–Trinajstić information content (AvgIpc) is 2.32. The summed E-state index contributed by atoms with van der Waals surface area (Å²) in [4.78, 5) is 22.3. The minimum absolute atomic E-state index is 0.0223. The van der Waals surface area contributed by atoms with Crippen LogP contribution < -0.4 is 4.74 Å². The molecule has 0 bridgehead atoms. The van der Waals surface area contributed by atoms with Crippen molar-refractivity contribution in [2.75, 3.05) is 7.11 Å². The molecule has 0 radical (unpaired) electrons. The minimum Gasteiger partial charge on any atom is -0.465 e. The topological polar surface area (TPSA) is 52.6 Å². The van der Waals surface area contributed by atoms with Gasteiger partial charge < -0.3 is 9.47 Å². The summed E-state index contributed by atoms with van der Waals surface area (Å²) in [5, 5.41) is 0.0706. The lowest BCUT2D eigenvalue weighted by molar-refractivity contribution is -0.128. The molecular weight excluding hydrogens is 267 g/mol. The van der Waals surface area contributed by atoms with Crippen molar-refractivity contribution in [3.63, 3.8) is 0 Å². The first kappa shape index (κ1) is 13.5. The van der Waals surface area contributed by atoms with Crippen molar-refractivity contribution in [1.82, 2.24) is 0 Å². The predicted octanol–water partition coefficient (Wildman–Crippen LogP) is 2.87. The summed E-state index contributed by atoms with van der Waals surface area (Å²) < 4.78 is 9.33. The fraction of sp³-hybridized carbons (Fsp3) is 0.0909. The second-order valence-electron chi connectivity index (χ2n) is 2.89. The van der Waals surface area contributed by atoms with Crippen molar-refractivity contribution < 1.29 is 19.1 Å². The van der Waals surface area contributed by atoms with E-state index < -0.39 is 11.9 Å². The molecule has 0 amide bonds. The summed E-state index contributed by atoms with van der Waals surface area (Å²) in [5.41, 5.74) is 0.168. The number of carbonyl (C=O) groups excluding carboxylic acids is 2. The van der Waals surface area contributed by atoms with Gasteiger partial charge in [-0.25, -0.2) is 9.59 Å². The minimum atomic E-state index is -0.695. The maximum Gasteiger partial charge on any atom is 0.337 e. The Morgan fingerprint density at radius 2 is 1.82 bits per heavy atom. The molecule has 4 nitrogen and oxygen atoms in total. The molecule has 0 aliphatic carbocycles. The Kier molecular flexibility index (Phi) is 4.54. The molecule has 17 heavy (non-hydrogen) atoms. The molecule has 0 unspecified atom stereocenters. The summed E-state index contributed by atoms with van der Waals surface area (Å²) in [6.45, 7) is 3.24. The number of hydrogen-bond acceptors (Lipinski definition) is 4. The Bertz CT molecular complexity index is 459. The summed E-state index contributed by atoms with van der Waals surface area (Å²) >= 11 is 11.7. The Morgan fingerprint density at radius 1 is 1.29 bits per heavy atom. The van der Waals surface area contributed by atoms with E-state index in [0.29, 0.717) is 0 Å². The van der Waals surface area contributed by atoms with Crippen LogP contribution in [-0.2, 0) is 9.53 Å². The van der Waals surface area contributed by atoms with Gasteiger partial charge in [-0.3, -0.25) is 0 Å². The standard InChI is InChI=1S/C11H8Cl2O4/c1-3-9(14)17-10-7(12)4-6(5-8(10)13)11(15)16-2/h3-5H,1H2,2H3. The Balaban J connectivity index is 3.14. The first-order valence-corrected chi connectivity index (χ1v) is 5.16. The fourth-order valence-corrected chi connectivity index (χ4v) is 1.60. The van der Waals surface area contributed by atoms with E-state index in [1.54, 1.807) is 0 Å². The molecule has 6 heteroatoms. The van der Waals surface area contributed by atoms with E-state index in [9.17, 15) is 9.59 Å². The largest absolute Gasteiger partial charge is 0.465 e. The van der Waals surface area contributed by atoms with E-state index in [0.717, 1.165) is 6.08 Å². The molecule has 0 aliphatic heterocycles. The molecule has 1 rings (SSSR count). The SMILES string of the molecule is C=CC(=O)Oc1c(Cl)cc(C(=O)OC)cc1Cl. The van der Waals surface area contributed by atoms with E-state index in [2.05, 4.69) is 11.3 Å². The normalized spacial score (nSPS) is 9.59. The summed E-state index contributed by atoms with van der Waals surface area (Å²) in [6, 6.07) is 2.59. The monoisotopic (exact) mass is 274 g/mol. The van der Waals surface area contributed by atoms with Gasteiger partial charge in [0.2, 0.25) is 0 Å². The Labute approximate surface area is 108 Å². The summed E-state index contributed by atoms with van der Waals surface area (Å²) in [5.74, 6) is -1.30. The van der Waals surface area contributed by atoms with E-state index in [-0.39, 0.29) is 21.4 Å². The van der Waals surface area contributed by atoms with Gasteiger partial charge in [0.1, 0.15) is 0 Å². The highest BCUT2D eigenvalue weighted by molar-refractivity contribution is 6.37. The molecule has 0 aromatic heterocycles. The second-order valence-corrected chi connectivity index (χ2v) is 3.70. The molecule has 0 saturated carbocycles. The van der Waals surface area contributed by atoms with Gasteiger partial charge in [0.05, 0.1) is 22.7 Å². The van der Waals surface area contributed by atoms with E-state index in [4.69, 9.17) is 27.9 Å². The lowest BCUT2D eigenvalue weighted by atomic mass is 10.2. The van der Waals surface area contributed by atoms with Crippen LogP contribution in [0.1, 0.15) is 10.4 Å². The van der Waals surface area contributed by atoms with Gasteiger partial charge in [-0.15, -0.1) is 0 Å². The third-order valence-electron chi connectivity index (χ3n) is 1.79. The van der Waals surface area contributed by atoms with Crippen molar-refractivity contribution in [3.05, 3.63) is 40.4 Å². The van der Waals surface area contributed by atoms with Crippen LogP contribution in [0.15, 0.2) is 24.8 Å². The molecule has 0 spiro atoms. The third-order valence-corrected chi connectivity index (χ3v) is 2.35. The number of esters is 2. The van der Waals surface area contributed by atoms with Crippen molar-refractivity contribution in [2.24, 2.45) is 0 Å². The zero-order valence-corrected chi connectivity index (χ0v) is 10.3. The van der Waals surface area contributed by atoms with Gasteiger partial charge in [-0.1, -0.05) is 29.8 Å². The number of ether oxygens (including phenoxy) is 2. The quantitative estimate of drug-likeness (QED) is 0.483. The number of rotatable bonds is 3. The van der Waals surface area contributed by atoms with Crippen LogP contribution in [0.4, 0.5) is 0 Å². The van der Waals surface area contributed by atoms with Gasteiger partial charge >= 0.3 is 11.9 Å². The first-order valence-electron chi connectivity index (χ1n) is 4.41. The smallest absolute Gasteiger partial charge is 0.337 e. The molecular formula is C11H8Cl2O4. The van der Waals surface area contributed by atoms with E-state index >= 15 is 0 Å². The maximum absolute atomic E-state index is 11.2. The van der Waals surface area contributed by atoms with Crippen LogP contribution in [0.5, 0.6) is 5.75 Å². The third kappa shape index (κ3) is 3.22. The summed E-state index contributed by atoms with van der Waals surface area (Å²) in [7, 11) is 1.23. The number of halogens is 2. The highest BCUT2D eigenvalue weighted by Crippen LogP contribution is 2.34. The van der Waals surface area contributed by atoms with Crippen LogP contribution in [0.2, 0.25) is 10.0 Å².